The van der Waals surface area contributed by atoms with Crippen LogP contribution in [0, 0.1) is 5.92 Å². The van der Waals surface area contributed by atoms with Crippen molar-refractivity contribution < 1.29 is 4.74 Å². The number of ether oxygens (including phenoxy) is 1. The van der Waals surface area contributed by atoms with Crippen molar-refractivity contribution in [2.24, 2.45) is 11.8 Å². The fraction of sp³-hybridized carbons (Fsp3) is 1.00. The molecule has 1 saturated carbocycles. The van der Waals surface area contributed by atoms with Crippen molar-refractivity contribution >= 4 is 0 Å². The molecular weight excluding hydrogens is 224 g/mol. The van der Waals surface area contributed by atoms with E-state index in [1.807, 2.05) is 7.11 Å². The number of rotatable bonds is 12. The van der Waals surface area contributed by atoms with E-state index >= 15 is 0 Å². The summed E-state index contributed by atoms with van der Waals surface area (Å²) in [5, 5.41) is 0. The second kappa shape index (κ2) is 9.76. The van der Waals surface area contributed by atoms with Gasteiger partial charge in [0.25, 0.3) is 0 Å². The summed E-state index contributed by atoms with van der Waals surface area (Å²) in [5.74, 6) is 6.42. The van der Waals surface area contributed by atoms with E-state index in [1.165, 1.54) is 57.8 Å². The van der Waals surface area contributed by atoms with Crippen molar-refractivity contribution in [2.75, 3.05) is 7.11 Å². The summed E-state index contributed by atoms with van der Waals surface area (Å²) in [5.41, 5.74) is 2.96. The molecule has 0 aromatic carbocycles. The van der Waals surface area contributed by atoms with Crippen LogP contribution >= 0.6 is 0 Å². The van der Waals surface area contributed by atoms with E-state index < -0.39 is 0 Å². The summed E-state index contributed by atoms with van der Waals surface area (Å²) in [6, 6.07) is 0.346. The maximum atomic E-state index is 5.67. The first kappa shape index (κ1) is 15.9. The SMILES string of the molecule is CCCCCCCCCC(NN)C(OC)C1CC1. The van der Waals surface area contributed by atoms with Crippen LogP contribution in [-0.2, 0) is 4.74 Å². The number of unbranched alkanes of at least 4 members (excludes halogenated alkanes) is 6. The van der Waals surface area contributed by atoms with Crippen LogP contribution in [0.5, 0.6) is 0 Å². The highest BCUT2D eigenvalue weighted by Crippen LogP contribution is 2.36. The van der Waals surface area contributed by atoms with Gasteiger partial charge in [0.1, 0.15) is 0 Å². The van der Waals surface area contributed by atoms with E-state index in [1.54, 1.807) is 0 Å². The lowest BCUT2D eigenvalue weighted by molar-refractivity contribution is 0.0475. The molecule has 0 radical (unpaired) electrons. The molecule has 0 bridgehead atoms. The number of nitrogens with two attached hydrogens (primary N) is 1. The number of hydrogen-bond acceptors (Lipinski definition) is 3. The van der Waals surface area contributed by atoms with Crippen molar-refractivity contribution in [3.05, 3.63) is 0 Å². The minimum absolute atomic E-state index is 0.329. The molecule has 18 heavy (non-hydrogen) atoms. The van der Waals surface area contributed by atoms with Gasteiger partial charge in [-0.25, -0.2) is 0 Å². The van der Waals surface area contributed by atoms with Crippen LogP contribution in [0.2, 0.25) is 0 Å². The number of hydrogen-bond donors (Lipinski definition) is 2. The molecule has 0 aliphatic heterocycles. The second-order valence-electron chi connectivity index (χ2n) is 5.72. The molecule has 0 aromatic rings. The fourth-order valence-electron chi connectivity index (χ4n) is 2.77. The maximum absolute atomic E-state index is 5.67. The predicted octanol–water partition coefficient (Wildman–Crippen LogP) is 3.38. The Kier molecular flexibility index (Phi) is 8.64. The molecule has 2 unspecified atom stereocenters. The highest BCUT2D eigenvalue weighted by Gasteiger charge is 2.36. The van der Waals surface area contributed by atoms with Crippen LogP contribution in [0.4, 0.5) is 0 Å². The van der Waals surface area contributed by atoms with E-state index in [0.29, 0.717) is 12.1 Å². The standard InChI is InChI=1S/C15H32N2O/c1-3-4-5-6-7-8-9-10-14(17-16)15(18-2)13-11-12-13/h13-15,17H,3-12,16H2,1-2H3. The van der Waals surface area contributed by atoms with Crippen LogP contribution < -0.4 is 11.3 Å². The van der Waals surface area contributed by atoms with Crippen LogP contribution in [0.1, 0.15) is 71.1 Å². The molecular formula is C15H32N2O. The molecule has 3 heteroatoms. The fourth-order valence-corrected chi connectivity index (χ4v) is 2.77. The zero-order chi connectivity index (χ0) is 13.2. The van der Waals surface area contributed by atoms with Gasteiger partial charge in [-0.2, -0.15) is 0 Å². The van der Waals surface area contributed by atoms with Gasteiger partial charge in [0.2, 0.25) is 0 Å². The third-order valence-electron chi connectivity index (χ3n) is 4.09. The molecule has 1 aliphatic carbocycles. The molecule has 3 nitrogen and oxygen atoms in total. The molecule has 0 amide bonds. The van der Waals surface area contributed by atoms with Crippen molar-refractivity contribution in [1.29, 1.82) is 0 Å². The van der Waals surface area contributed by atoms with Gasteiger partial charge in [-0.1, -0.05) is 51.9 Å². The summed E-state index contributed by atoms with van der Waals surface area (Å²) in [7, 11) is 1.82. The van der Waals surface area contributed by atoms with E-state index in [-0.39, 0.29) is 0 Å². The third-order valence-corrected chi connectivity index (χ3v) is 4.09. The minimum Gasteiger partial charge on any atom is -0.379 e. The molecule has 1 rings (SSSR count). The molecule has 2 atom stereocenters. The van der Waals surface area contributed by atoms with E-state index in [0.717, 1.165) is 12.3 Å². The van der Waals surface area contributed by atoms with Gasteiger partial charge in [0.05, 0.1) is 6.10 Å². The monoisotopic (exact) mass is 256 g/mol. The van der Waals surface area contributed by atoms with Gasteiger partial charge in [0, 0.05) is 13.2 Å². The van der Waals surface area contributed by atoms with Crippen molar-refractivity contribution in [2.45, 2.75) is 83.3 Å². The lowest BCUT2D eigenvalue weighted by atomic mass is 9.99. The topological polar surface area (TPSA) is 47.3 Å². The number of hydrazine groups is 1. The normalized spacial score (nSPS) is 18.8. The Hall–Kier alpha value is -0.120. The molecule has 0 aromatic heterocycles. The second-order valence-corrected chi connectivity index (χ2v) is 5.72. The quantitative estimate of drug-likeness (QED) is 0.320. The molecule has 1 fully saturated rings. The Bertz CT molecular complexity index is 195. The van der Waals surface area contributed by atoms with Gasteiger partial charge >= 0.3 is 0 Å². The summed E-state index contributed by atoms with van der Waals surface area (Å²) in [6.07, 6.45) is 13.6. The Morgan fingerprint density at radius 2 is 1.72 bits per heavy atom. The van der Waals surface area contributed by atoms with Gasteiger partial charge in [-0.05, 0) is 25.2 Å². The van der Waals surface area contributed by atoms with E-state index in [9.17, 15) is 0 Å². The molecule has 3 N–H and O–H groups in total. The first-order valence-corrected chi connectivity index (χ1v) is 7.82. The summed E-state index contributed by atoms with van der Waals surface area (Å²) in [4.78, 5) is 0. The zero-order valence-corrected chi connectivity index (χ0v) is 12.3. The summed E-state index contributed by atoms with van der Waals surface area (Å²) < 4.78 is 5.59. The Labute approximate surface area is 113 Å². The summed E-state index contributed by atoms with van der Waals surface area (Å²) >= 11 is 0. The molecule has 1 aliphatic rings. The van der Waals surface area contributed by atoms with Crippen LogP contribution in [0.15, 0.2) is 0 Å². The minimum atomic E-state index is 0.329. The summed E-state index contributed by atoms with van der Waals surface area (Å²) in [6.45, 7) is 2.26. The molecule has 0 heterocycles. The molecule has 108 valence electrons. The van der Waals surface area contributed by atoms with Crippen LogP contribution in [0.3, 0.4) is 0 Å². The smallest absolute Gasteiger partial charge is 0.0765 e. The average molecular weight is 256 g/mol. The zero-order valence-electron chi connectivity index (χ0n) is 12.3. The maximum Gasteiger partial charge on any atom is 0.0765 e. The van der Waals surface area contributed by atoms with Crippen LogP contribution in [0.25, 0.3) is 0 Å². The van der Waals surface area contributed by atoms with Gasteiger partial charge in [-0.3, -0.25) is 11.3 Å². The highest BCUT2D eigenvalue weighted by molar-refractivity contribution is 4.89. The van der Waals surface area contributed by atoms with Crippen molar-refractivity contribution in [1.82, 2.24) is 5.43 Å². The Morgan fingerprint density at radius 1 is 1.11 bits per heavy atom. The number of methoxy groups -OCH3 is 1. The van der Waals surface area contributed by atoms with Gasteiger partial charge in [-0.15, -0.1) is 0 Å². The Balaban J connectivity index is 2.04. The third kappa shape index (κ3) is 6.17. The first-order valence-electron chi connectivity index (χ1n) is 7.82. The lowest BCUT2D eigenvalue weighted by Crippen LogP contribution is -2.45. The Morgan fingerprint density at radius 3 is 2.22 bits per heavy atom. The average Bonchev–Trinajstić information content (AvgIpc) is 3.21. The van der Waals surface area contributed by atoms with Gasteiger partial charge < -0.3 is 4.74 Å². The van der Waals surface area contributed by atoms with E-state index in [2.05, 4.69) is 12.3 Å². The molecule has 0 spiro atoms. The largest absolute Gasteiger partial charge is 0.379 e. The van der Waals surface area contributed by atoms with E-state index in [4.69, 9.17) is 10.6 Å². The lowest BCUT2D eigenvalue weighted by Gasteiger charge is -2.25. The van der Waals surface area contributed by atoms with Crippen molar-refractivity contribution in [3.8, 4) is 0 Å². The number of nitrogens with one attached hydrogen (secondary N) is 1. The first-order chi connectivity index (χ1) is 8.83. The predicted molar refractivity (Wildman–Crippen MR) is 77.2 cm³/mol. The molecule has 0 saturated heterocycles. The highest BCUT2D eigenvalue weighted by atomic mass is 16.5. The van der Waals surface area contributed by atoms with Crippen LogP contribution in [-0.4, -0.2) is 19.3 Å². The van der Waals surface area contributed by atoms with Gasteiger partial charge in [0.15, 0.2) is 0 Å². The van der Waals surface area contributed by atoms with Crippen molar-refractivity contribution in [3.63, 3.8) is 0 Å².